The summed E-state index contributed by atoms with van der Waals surface area (Å²) in [6.07, 6.45) is 0. The van der Waals surface area contributed by atoms with Crippen LogP contribution in [0, 0.1) is 0 Å². The molecule has 0 N–H and O–H groups in total. The summed E-state index contributed by atoms with van der Waals surface area (Å²) >= 11 is 0. The Morgan fingerprint density at radius 2 is 0.516 bits per heavy atom. The Morgan fingerprint density at radius 3 is 1.08 bits per heavy atom. The number of aromatic nitrogens is 2. The molecule has 0 saturated carbocycles. The molecule has 2 heteroatoms. The normalized spacial score (nSPS) is 11.5. The monoisotopic (exact) mass is 788 g/mol. The highest BCUT2D eigenvalue weighted by atomic mass is 15.0. The van der Waals surface area contributed by atoms with Crippen molar-refractivity contribution < 1.29 is 0 Å². The molecule has 0 radical (unpaired) electrons. The third-order valence-corrected chi connectivity index (χ3v) is 12.5. The van der Waals surface area contributed by atoms with Gasteiger partial charge in [0.05, 0.1) is 22.1 Å². The Morgan fingerprint density at radius 1 is 0.177 bits per heavy atom. The summed E-state index contributed by atoms with van der Waals surface area (Å²) in [4.78, 5) is 0. The zero-order valence-electron chi connectivity index (χ0n) is 34.0. The van der Waals surface area contributed by atoms with Gasteiger partial charge in [0, 0.05) is 32.9 Å². The molecule has 62 heavy (non-hydrogen) atoms. The fourth-order valence-corrected chi connectivity index (χ4v) is 9.49. The van der Waals surface area contributed by atoms with Gasteiger partial charge in [0.15, 0.2) is 0 Å². The Bertz CT molecular complexity index is 3580. The first-order valence-corrected chi connectivity index (χ1v) is 21.3. The lowest BCUT2D eigenvalue weighted by atomic mass is 9.92. The molecule has 290 valence electrons. The van der Waals surface area contributed by atoms with Crippen molar-refractivity contribution in [1.82, 2.24) is 9.13 Å². The molecule has 0 aliphatic rings. The van der Waals surface area contributed by atoms with Crippen LogP contribution < -0.4 is 0 Å². The van der Waals surface area contributed by atoms with Crippen molar-refractivity contribution in [2.75, 3.05) is 0 Å². The number of benzene rings is 10. The molecule has 0 aliphatic heterocycles. The van der Waals surface area contributed by atoms with Crippen molar-refractivity contribution in [3.05, 3.63) is 243 Å². The maximum atomic E-state index is 2.42. The highest BCUT2D eigenvalue weighted by Crippen LogP contribution is 2.41. The summed E-state index contributed by atoms with van der Waals surface area (Å²) in [6, 6.07) is 88.5. The van der Waals surface area contributed by atoms with Gasteiger partial charge in [-0.15, -0.1) is 0 Å². The fourth-order valence-electron chi connectivity index (χ4n) is 9.49. The predicted molar refractivity (Wildman–Crippen MR) is 262 cm³/mol. The van der Waals surface area contributed by atoms with E-state index in [1.54, 1.807) is 0 Å². The van der Waals surface area contributed by atoms with E-state index in [1.165, 1.54) is 99.2 Å². The van der Waals surface area contributed by atoms with Crippen LogP contribution in [0.1, 0.15) is 0 Å². The van der Waals surface area contributed by atoms with E-state index in [9.17, 15) is 0 Å². The fraction of sp³-hybridized carbons (Fsp3) is 0. The van der Waals surface area contributed by atoms with Gasteiger partial charge in [-0.1, -0.05) is 164 Å². The Balaban J connectivity index is 1.06. The van der Waals surface area contributed by atoms with Crippen LogP contribution in [-0.2, 0) is 0 Å². The van der Waals surface area contributed by atoms with E-state index >= 15 is 0 Å². The lowest BCUT2D eigenvalue weighted by Crippen LogP contribution is -1.94. The Labute approximate surface area is 360 Å². The van der Waals surface area contributed by atoms with Crippen LogP contribution in [0.4, 0.5) is 0 Å². The molecule has 0 spiro atoms. The van der Waals surface area contributed by atoms with Crippen molar-refractivity contribution in [2.24, 2.45) is 0 Å². The molecule has 0 aliphatic carbocycles. The number of fused-ring (bicyclic) bond motifs is 6. The van der Waals surface area contributed by atoms with Crippen molar-refractivity contribution in [1.29, 1.82) is 0 Å². The molecule has 0 bridgehead atoms. The summed E-state index contributed by atoms with van der Waals surface area (Å²) in [5, 5.41) is 4.96. The van der Waals surface area contributed by atoms with Crippen molar-refractivity contribution in [3.63, 3.8) is 0 Å². The maximum Gasteiger partial charge on any atom is 0.0547 e. The molecule has 0 unspecified atom stereocenters. The number of hydrogen-bond acceptors (Lipinski definition) is 0. The average molecular weight is 789 g/mol. The van der Waals surface area contributed by atoms with Gasteiger partial charge >= 0.3 is 0 Å². The van der Waals surface area contributed by atoms with E-state index in [4.69, 9.17) is 0 Å². The van der Waals surface area contributed by atoms with Crippen LogP contribution in [0.2, 0.25) is 0 Å². The van der Waals surface area contributed by atoms with Crippen molar-refractivity contribution in [3.8, 4) is 67.0 Å². The summed E-state index contributed by atoms with van der Waals surface area (Å²) < 4.78 is 4.81. The van der Waals surface area contributed by atoms with E-state index in [0.717, 1.165) is 11.4 Å². The molecule has 12 rings (SSSR count). The zero-order chi connectivity index (χ0) is 41.0. The molecule has 0 fully saturated rings. The average Bonchev–Trinajstić information content (AvgIpc) is 3.87. The molecule has 12 aromatic rings. The lowest BCUT2D eigenvalue weighted by Gasteiger charge is -2.13. The second-order valence-electron chi connectivity index (χ2n) is 16.2. The molecular formula is C60H40N2. The van der Waals surface area contributed by atoms with Gasteiger partial charge in [-0.2, -0.15) is 0 Å². The molecule has 0 saturated heterocycles. The van der Waals surface area contributed by atoms with Crippen LogP contribution in [-0.4, -0.2) is 9.13 Å². The van der Waals surface area contributed by atoms with E-state index in [-0.39, 0.29) is 0 Å². The minimum Gasteiger partial charge on any atom is -0.309 e. The van der Waals surface area contributed by atoms with Crippen LogP contribution in [0.25, 0.3) is 111 Å². The third kappa shape index (κ3) is 6.12. The van der Waals surface area contributed by atoms with Crippen LogP contribution >= 0.6 is 0 Å². The quantitative estimate of drug-likeness (QED) is 0.152. The maximum absolute atomic E-state index is 2.42. The van der Waals surface area contributed by atoms with Gasteiger partial charge < -0.3 is 9.13 Å². The second-order valence-corrected chi connectivity index (χ2v) is 16.2. The smallest absolute Gasteiger partial charge is 0.0547 e. The van der Waals surface area contributed by atoms with Crippen LogP contribution in [0.15, 0.2) is 243 Å². The molecule has 2 heterocycles. The molecule has 0 amide bonds. The number of para-hydroxylation sites is 3. The summed E-state index contributed by atoms with van der Waals surface area (Å²) in [5.74, 6) is 0. The minimum atomic E-state index is 1.15. The number of nitrogens with zero attached hydrogens (tertiary/aromatic N) is 2. The first-order chi connectivity index (χ1) is 30.7. The van der Waals surface area contributed by atoms with Gasteiger partial charge in [-0.3, -0.25) is 0 Å². The Kier molecular flexibility index (Phi) is 8.53. The topological polar surface area (TPSA) is 9.86 Å². The van der Waals surface area contributed by atoms with Crippen molar-refractivity contribution >= 4 is 43.6 Å². The second kappa shape index (κ2) is 14.8. The van der Waals surface area contributed by atoms with E-state index < -0.39 is 0 Å². The van der Waals surface area contributed by atoms with Gasteiger partial charge in [0.1, 0.15) is 0 Å². The lowest BCUT2D eigenvalue weighted by molar-refractivity contribution is 1.18. The van der Waals surface area contributed by atoms with Gasteiger partial charge in [-0.05, 0) is 134 Å². The largest absolute Gasteiger partial charge is 0.309 e. The summed E-state index contributed by atoms with van der Waals surface area (Å²) in [5.41, 5.74) is 19.0. The van der Waals surface area contributed by atoms with Gasteiger partial charge in [0.25, 0.3) is 0 Å². The van der Waals surface area contributed by atoms with Gasteiger partial charge in [-0.25, -0.2) is 0 Å². The number of rotatable bonds is 7. The summed E-state index contributed by atoms with van der Waals surface area (Å²) in [6.45, 7) is 0. The first-order valence-electron chi connectivity index (χ1n) is 21.3. The molecule has 10 aromatic carbocycles. The third-order valence-electron chi connectivity index (χ3n) is 12.5. The van der Waals surface area contributed by atoms with Crippen LogP contribution in [0.3, 0.4) is 0 Å². The minimum absolute atomic E-state index is 1.15. The standard InChI is InChI=1S/C60H40N2/c1-5-15-41(16-6-1)43-25-27-44(28-26-43)48-35-49(46-31-34-58-55(39-46)53-23-13-14-24-57(53)61(58)51-19-9-3-10-20-51)37-50(36-48)47-29-32-54-56-38-45(42-17-7-2-8-18-42)30-33-59(56)62(60(54)40-47)52-21-11-4-12-22-52/h1-40H. The summed E-state index contributed by atoms with van der Waals surface area (Å²) in [7, 11) is 0. The van der Waals surface area contributed by atoms with Gasteiger partial charge in [0.2, 0.25) is 0 Å². The Hall–Kier alpha value is -8.20. The van der Waals surface area contributed by atoms with Crippen molar-refractivity contribution in [2.45, 2.75) is 0 Å². The number of hydrogen-bond donors (Lipinski definition) is 0. The van der Waals surface area contributed by atoms with Crippen LogP contribution in [0.5, 0.6) is 0 Å². The molecule has 0 atom stereocenters. The SMILES string of the molecule is c1ccc(-c2ccc(-c3cc(-c4ccc5c(c4)c4ccccc4n5-c4ccccc4)cc(-c4ccc5c6cc(-c7ccccc7)ccc6n(-c6ccccc6)c5c4)c3)cc2)cc1. The van der Waals surface area contributed by atoms with E-state index in [2.05, 4.69) is 252 Å². The molecule has 2 aromatic heterocycles. The highest BCUT2D eigenvalue weighted by molar-refractivity contribution is 6.12. The predicted octanol–water partition coefficient (Wildman–Crippen LogP) is 16.2. The zero-order valence-corrected chi connectivity index (χ0v) is 34.0. The molecular weight excluding hydrogens is 749 g/mol. The van der Waals surface area contributed by atoms with E-state index in [1.807, 2.05) is 0 Å². The van der Waals surface area contributed by atoms with E-state index in [0.29, 0.717) is 0 Å². The molecule has 2 nitrogen and oxygen atoms in total. The first kappa shape index (κ1) is 35.7. The highest BCUT2D eigenvalue weighted by Gasteiger charge is 2.17.